The second kappa shape index (κ2) is 9.69. The molecule has 0 aliphatic rings. The SMILES string of the molecule is COC(=O)C(C(=O)OC)[C@H](/C=C/c1ccccc1Br)c1ccccc1Br. The quantitative estimate of drug-likeness (QED) is 0.431. The topological polar surface area (TPSA) is 52.6 Å². The average molecular weight is 482 g/mol. The molecule has 0 fully saturated rings. The lowest BCUT2D eigenvalue weighted by Gasteiger charge is -2.22. The van der Waals surface area contributed by atoms with Crippen LogP contribution in [0.5, 0.6) is 0 Å². The Kier molecular flexibility index (Phi) is 7.60. The molecule has 0 saturated heterocycles. The molecule has 136 valence electrons. The van der Waals surface area contributed by atoms with E-state index in [9.17, 15) is 9.59 Å². The number of halogens is 2. The standard InChI is InChI=1S/C20H18Br2O4/c1-25-19(23)18(20(24)26-2)15(14-8-4-6-10-17(14)22)12-11-13-7-3-5-9-16(13)21/h3-12,15,18H,1-2H3/b12-11+/t15-/m1/s1. The van der Waals surface area contributed by atoms with E-state index in [4.69, 9.17) is 9.47 Å². The number of allylic oxidation sites excluding steroid dienone is 1. The number of rotatable bonds is 6. The van der Waals surface area contributed by atoms with Crippen LogP contribution in [0.2, 0.25) is 0 Å². The van der Waals surface area contributed by atoms with E-state index in [0.29, 0.717) is 0 Å². The third-order valence-corrected chi connectivity index (χ3v) is 5.37. The lowest BCUT2D eigenvalue weighted by Crippen LogP contribution is -2.31. The summed E-state index contributed by atoms with van der Waals surface area (Å²) in [5.41, 5.74) is 1.72. The first-order valence-electron chi connectivity index (χ1n) is 7.82. The van der Waals surface area contributed by atoms with Crippen molar-refractivity contribution in [3.8, 4) is 0 Å². The summed E-state index contributed by atoms with van der Waals surface area (Å²) in [4.78, 5) is 24.7. The molecule has 2 aromatic carbocycles. The highest BCUT2D eigenvalue weighted by Crippen LogP contribution is 2.34. The van der Waals surface area contributed by atoms with Crippen molar-refractivity contribution < 1.29 is 19.1 Å². The van der Waals surface area contributed by atoms with Crippen molar-refractivity contribution in [2.45, 2.75) is 5.92 Å². The summed E-state index contributed by atoms with van der Waals surface area (Å²) in [7, 11) is 2.51. The van der Waals surface area contributed by atoms with E-state index in [1.807, 2.05) is 60.7 Å². The van der Waals surface area contributed by atoms with Gasteiger partial charge in [-0.25, -0.2) is 0 Å². The lowest BCUT2D eigenvalue weighted by molar-refractivity contribution is -0.159. The lowest BCUT2D eigenvalue weighted by atomic mass is 9.85. The van der Waals surface area contributed by atoms with Gasteiger partial charge in [-0.2, -0.15) is 0 Å². The maximum Gasteiger partial charge on any atom is 0.321 e. The average Bonchev–Trinajstić information content (AvgIpc) is 2.66. The molecule has 1 atom stereocenters. The van der Waals surface area contributed by atoms with E-state index in [1.165, 1.54) is 14.2 Å². The fraction of sp³-hybridized carbons (Fsp3) is 0.200. The molecule has 2 rings (SSSR count). The minimum absolute atomic E-state index is 0.558. The van der Waals surface area contributed by atoms with Gasteiger partial charge in [0.05, 0.1) is 14.2 Å². The molecule has 0 spiro atoms. The zero-order chi connectivity index (χ0) is 19.1. The van der Waals surface area contributed by atoms with Crippen LogP contribution in [0.3, 0.4) is 0 Å². The molecule has 0 saturated carbocycles. The van der Waals surface area contributed by atoms with Gasteiger partial charge in [-0.1, -0.05) is 80.4 Å². The normalized spacial score (nSPS) is 12.2. The van der Waals surface area contributed by atoms with Gasteiger partial charge in [0.15, 0.2) is 5.92 Å². The van der Waals surface area contributed by atoms with Gasteiger partial charge in [0.1, 0.15) is 0 Å². The van der Waals surface area contributed by atoms with Gasteiger partial charge < -0.3 is 9.47 Å². The Labute approximate surface area is 169 Å². The van der Waals surface area contributed by atoms with Gasteiger partial charge in [-0.3, -0.25) is 9.59 Å². The third kappa shape index (κ3) is 4.83. The maximum absolute atomic E-state index is 12.3. The molecule has 0 aliphatic heterocycles. The highest BCUT2D eigenvalue weighted by Gasteiger charge is 2.37. The van der Waals surface area contributed by atoms with Crippen molar-refractivity contribution in [2.24, 2.45) is 5.92 Å². The van der Waals surface area contributed by atoms with Crippen LogP contribution in [-0.4, -0.2) is 26.2 Å². The third-order valence-electron chi connectivity index (χ3n) is 3.92. The Balaban J connectivity index is 2.54. The van der Waals surface area contributed by atoms with Gasteiger partial charge in [0.25, 0.3) is 0 Å². The summed E-state index contributed by atoms with van der Waals surface area (Å²) in [5, 5.41) is 0. The molecular formula is C20H18Br2O4. The smallest absolute Gasteiger partial charge is 0.321 e. The predicted molar refractivity (Wildman–Crippen MR) is 108 cm³/mol. The summed E-state index contributed by atoms with van der Waals surface area (Å²) in [6, 6.07) is 15.1. The molecular weight excluding hydrogens is 464 g/mol. The monoisotopic (exact) mass is 480 g/mol. The summed E-state index contributed by atoms with van der Waals surface area (Å²) in [6.45, 7) is 0. The molecule has 0 N–H and O–H groups in total. The van der Waals surface area contributed by atoms with E-state index in [-0.39, 0.29) is 0 Å². The van der Waals surface area contributed by atoms with Crippen molar-refractivity contribution in [3.05, 3.63) is 74.7 Å². The molecule has 26 heavy (non-hydrogen) atoms. The van der Waals surface area contributed by atoms with Gasteiger partial charge in [0.2, 0.25) is 0 Å². The second-order valence-electron chi connectivity index (χ2n) is 5.45. The first-order chi connectivity index (χ1) is 12.5. The van der Waals surface area contributed by atoms with Crippen LogP contribution in [0.25, 0.3) is 6.08 Å². The number of esters is 2. The number of ether oxygens (including phenoxy) is 2. The predicted octanol–water partition coefficient (Wildman–Crippen LogP) is 4.97. The summed E-state index contributed by atoms with van der Waals surface area (Å²) < 4.78 is 11.4. The van der Waals surface area contributed by atoms with Gasteiger partial charge in [-0.05, 0) is 23.3 Å². The molecule has 0 amide bonds. The molecule has 2 aromatic rings. The molecule has 0 aliphatic carbocycles. The molecule has 4 nitrogen and oxygen atoms in total. The minimum Gasteiger partial charge on any atom is -0.468 e. The van der Waals surface area contributed by atoms with Crippen LogP contribution < -0.4 is 0 Å². The summed E-state index contributed by atoms with van der Waals surface area (Å²) in [5.74, 6) is -2.95. The minimum atomic E-state index is -1.11. The van der Waals surface area contributed by atoms with Crippen LogP contribution >= 0.6 is 31.9 Å². The number of hydrogen-bond donors (Lipinski definition) is 0. The highest BCUT2D eigenvalue weighted by molar-refractivity contribution is 9.10. The zero-order valence-corrected chi connectivity index (χ0v) is 17.5. The molecule has 0 bridgehead atoms. The Bertz CT molecular complexity index is 801. The Morgan fingerprint density at radius 3 is 1.96 bits per heavy atom. The molecule has 0 heterocycles. The van der Waals surface area contributed by atoms with Crippen LogP contribution in [-0.2, 0) is 19.1 Å². The van der Waals surface area contributed by atoms with Crippen LogP contribution in [0.15, 0.2) is 63.6 Å². The second-order valence-corrected chi connectivity index (χ2v) is 7.16. The molecule has 6 heteroatoms. The first-order valence-corrected chi connectivity index (χ1v) is 9.41. The van der Waals surface area contributed by atoms with Crippen molar-refractivity contribution in [1.82, 2.24) is 0 Å². The van der Waals surface area contributed by atoms with E-state index in [2.05, 4.69) is 31.9 Å². The van der Waals surface area contributed by atoms with Crippen LogP contribution in [0, 0.1) is 5.92 Å². The van der Waals surface area contributed by atoms with E-state index in [1.54, 1.807) is 0 Å². The maximum atomic E-state index is 12.3. The van der Waals surface area contributed by atoms with Gasteiger partial charge in [0, 0.05) is 14.9 Å². The molecule has 0 aromatic heterocycles. The van der Waals surface area contributed by atoms with Crippen molar-refractivity contribution in [3.63, 3.8) is 0 Å². The molecule has 0 radical (unpaired) electrons. The van der Waals surface area contributed by atoms with E-state index >= 15 is 0 Å². The number of hydrogen-bond acceptors (Lipinski definition) is 4. The largest absolute Gasteiger partial charge is 0.468 e. The van der Waals surface area contributed by atoms with Crippen LogP contribution in [0.4, 0.5) is 0 Å². The number of carbonyl (C=O) groups is 2. The van der Waals surface area contributed by atoms with Crippen molar-refractivity contribution in [1.29, 1.82) is 0 Å². The van der Waals surface area contributed by atoms with E-state index in [0.717, 1.165) is 20.1 Å². The fourth-order valence-electron chi connectivity index (χ4n) is 2.60. The Morgan fingerprint density at radius 1 is 0.885 bits per heavy atom. The van der Waals surface area contributed by atoms with E-state index < -0.39 is 23.8 Å². The van der Waals surface area contributed by atoms with Crippen molar-refractivity contribution >= 4 is 49.9 Å². The number of methoxy groups -OCH3 is 2. The van der Waals surface area contributed by atoms with Gasteiger partial charge >= 0.3 is 11.9 Å². The van der Waals surface area contributed by atoms with Crippen LogP contribution in [0.1, 0.15) is 17.0 Å². The summed E-state index contributed by atoms with van der Waals surface area (Å²) >= 11 is 7.00. The fourth-order valence-corrected chi connectivity index (χ4v) is 3.57. The van der Waals surface area contributed by atoms with Crippen molar-refractivity contribution in [2.75, 3.05) is 14.2 Å². The summed E-state index contributed by atoms with van der Waals surface area (Å²) in [6.07, 6.45) is 3.69. The zero-order valence-electron chi connectivity index (χ0n) is 14.3. The highest BCUT2D eigenvalue weighted by atomic mass is 79.9. The Morgan fingerprint density at radius 2 is 1.42 bits per heavy atom. The first kappa shape index (κ1) is 20.4. The number of carbonyl (C=O) groups excluding carboxylic acids is 2. The van der Waals surface area contributed by atoms with Gasteiger partial charge in [-0.15, -0.1) is 0 Å². The molecule has 0 unspecified atom stereocenters. The Hall–Kier alpha value is -1.92. The number of benzene rings is 2.